The summed E-state index contributed by atoms with van der Waals surface area (Å²) in [5.41, 5.74) is 9.67. The number of thiazole rings is 2. The Morgan fingerprint density at radius 3 is 1.56 bits per heavy atom. The predicted molar refractivity (Wildman–Crippen MR) is 306 cm³/mol. The van der Waals surface area contributed by atoms with Crippen molar-refractivity contribution in [1.29, 1.82) is 0 Å². The monoisotopic (exact) mass is 1050 g/mol. The van der Waals surface area contributed by atoms with Gasteiger partial charge in [0.05, 0.1) is 72.3 Å². The Kier molecular flexibility index (Phi) is 17.3. The van der Waals surface area contributed by atoms with Crippen LogP contribution in [0.2, 0.25) is 0 Å². The highest BCUT2D eigenvalue weighted by Crippen LogP contribution is 2.37. The second kappa shape index (κ2) is 25.0. The molecule has 15 nitrogen and oxygen atoms in total. The van der Waals surface area contributed by atoms with Gasteiger partial charge in [0.25, 0.3) is 0 Å². The minimum atomic E-state index is 0.000769. The first-order valence-corrected chi connectivity index (χ1v) is 29.9. The van der Waals surface area contributed by atoms with Crippen LogP contribution in [0.15, 0.2) is 71.7 Å². The zero-order valence-corrected chi connectivity index (χ0v) is 46.1. The van der Waals surface area contributed by atoms with Crippen molar-refractivity contribution in [2.24, 2.45) is 0 Å². The predicted octanol–water partition coefficient (Wildman–Crippen LogP) is 8.68. The maximum atomic E-state index is 13.4. The molecule has 4 aromatic heterocycles. The molecule has 0 spiro atoms. The number of hydrogen-bond acceptors (Lipinski definition) is 16. The lowest BCUT2D eigenvalue weighted by atomic mass is 10.1. The summed E-state index contributed by atoms with van der Waals surface area (Å²) in [6.07, 6.45) is 12.6. The Balaban J connectivity index is 0.000000161. The Morgan fingerprint density at radius 1 is 0.533 bits per heavy atom. The SMILES string of the molecule is Cc1ccc2cccnc2c1N1CCCN(C(CC(=O)N2CCCC2)c2csc(N3CCOCC3)n2)CC1.Cc1ccc2cccnc2c1N1CCCN(C(CCN2CCCC2)c2csc(N3CCOCC3)n2)CC1. The summed E-state index contributed by atoms with van der Waals surface area (Å²) in [7, 11) is 0. The number of nitrogens with zero attached hydrogens (tertiary/aromatic N) is 12. The molecule has 400 valence electrons. The molecule has 0 radical (unpaired) electrons. The number of ether oxygens (including phenoxy) is 2. The maximum absolute atomic E-state index is 13.4. The van der Waals surface area contributed by atoms with E-state index in [9.17, 15) is 4.79 Å². The van der Waals surface area contributed by atoms with Crippen molar-refractivity contribution in [1.82, 2.24) is 39.5 Å². The smallest absolute Gasteiger partial charge is 0.224 e. The molecule has 2 atom stereocenters. The van der Waals surface area contributed by atoms with Crippen LogP contribution in [-0.4, -0.2) is 183 Å². The van der Waals surface area contributed by atoms with Gasteiger partial charge < -0.3 is 38.9 Å². The van der Waals surface area contributed by atoms with Crippen LogP contribution >= 0.6 is 22.7 Å². The third kappa shape index (κ3) is 12.4. The van der Waals surface area contributed by atoms with Crippen molar-refractivity contribution < 1.29 is 14.3 Å². The van der Waals surface area contributed by atoms with Gasteiger partial charge in [-0.15, -0.1) is 22.7 Å². The van der Waals surface area contributed by atoms with Crippen molar-refractivity contribution in [3.63, 3.8) is 0 Å². The van der Waals surface area contributed by atoms with Crippen LogP contribution in [0.4, 0.5) is 21.6 Å². The van der Waals surface area contributed by atoms with E-state index in [1.54, 1.807) is 11.3 Å². The zero-order chi connectivity index (χ0) is 50.9. The number of hydrogen-bond donors (Lipinski definition) is 0. The summed E-state index contributed by atoms with van der Waals surface area (Å²) < 4.78 is 11.1. The first-order chi connectivity index (χ1) is 36.9. The van der Waals surface area contributed by atoms with Crippen molar-refractivity contribution >= 4 is 72.0 Å². The molecule has 6 fully saturated rings. The van der Waals surface area contributed by atoms with Crippen molar-refractivity contribution in [2.75, 3.05) is 157 Å². The molecular weight excluding hydrogens is 977 g/mol. The van der Waals surface area contributed by atoms with Crippen LogP contribution < -0.4 is 19.6 Å². The summed E-state index contributed by atoms with van der Waals surface area (Å²) in [6.45, 7) is 24.6. The van der Waals surface area contributed by atoms with Crippen LogP contribution in [0.25, 0.3) is 21.8 Å². The summed E-state index contributed by atoms with van der Waals surface area (Å²) in [5, 5.41) is 9.15. The Labute approximate surface area is 452 Å². The highest BCUT2D eigenvalue weighted by Gasteiger charge is 2.33. The number of fused-ring (bicyclic) bond motifs is 2. The van der Waals surface area contributed by atoms with Crippen LogP contribution in [0.5, 0.6) is 0 Å². The van der Waals surface area contributed by atoms with E-state index >= 15 is 0 Å². The van der Waals surface area contributed by atoms with Gasteiger partial charge in [-0.05, 0) is 95.1 Å². The molecule has 0 saturated carbocycles. The van der Waals surface area contributed by atoms with E-state index in [0.717, 1.165) is 172 Å². The topological polar surface area (TPSA) is 113 Å². The quantitative estimate of drug-likeness (QED) is 0.110. The van der Waals surface area contributed by atoms with E-state index in [-0.39, 0.29) is 11.9 Å². The minimum absolute atomic E-state index is 0.000769. The number of carbonyl (C=O) groups is 1. The first-order valence-electron chi connectivity index (χ1n) is 28.2. The normalized spacial score (nSPS) is 20.6. The van der Waals surface area contributed by atoms with Crippen LogP contribution in [-0.2, 0) is 14.3 Å². The lowest BCUT2D eigenvalue weighted by Gasteiger charge is -2.31. The fourth-order valence-corrected chi connectivity index (χ4v) is 14.2. The summed E-state index contributed by atoms with van der Waals surface area (Å²) in [5.74, 6) is 0.267. The van der Waals surface area contributed by atoms with Gasteiger partial charge in [0.1, 0.15) is 0 Å². The van der Waals surface area contributed by atoms with Crippen LogP contribution in [0.1, 0.15) is 86.0 Å². The number of aryl methyl sites for hydroxylation is 2. The van der Waals surface area contributed by atoms with E-state index in [1.807, 2.05) is 35.9 Å². The van der Waals surface area contributed by atoms with E-state index in [4.69, 9.17) is 29.4 Å². The fourth-order valence-electron chi connectivity index (χ4n) is 12.4. The lowest BCUT2D eigenvalue weighted by Crippen LogP contribution is -2.38. The third-order valence-electron chi connectivity index (χ3n) is 16.5. The Morgan fingerprint density at radius 2 is 1.03 bits per heavy atom. The zero-order valence-electron chi connectivity index (χ0n) is 44.5. The molecule has 17 heteroatoms. The number of rotatable bonds is 13. The second-order valence-electron chi connectivity index (χ2n) is 21.3. The minimum Gasteiger partial charge on any atom is -0.378 e. The molecule has 0 bridgehead atoms. The highest BCUT2D eigenvalue weighted by molar-refractivity contribution is 7.14. The maximum Gasteiger partial charge on any atom is 0.224 e. The third-order valence-corrected chi connectivity index (χ3v) is 18.3. The fraction of sp³-hybridized carbons (Fsp3) is 0.569. The van der Waals surface area contributed by atoms with Crippen LogP contribution in [0, 0.1) is 13.8 Å². The van der Waals surface area contributed by atoms with Gasteiger partial charge in [-0.1, -0.05) is 36.4 Å². The number of morpholine rings is 2. The molecule has 12 rings (SSSR count). The van der Waals surface area contributed by atoms with Gasteiger partial charge >= 0.3 is 0 Å². The molecule has 2 aromatic carbocycles. The van der Waals surface area contributed by atoms with E-state index < -0.39 is 0 Å². The molecule has 6 aliphatic heterocycles. The molecule has 1 amide bonds. The van der Waals surface area contributed by atoms with Gasteiger partial charge in [0.15, 0.2) is 10.3 Å². The molecule has 6 aromatic rings. The number of aromatic nitrogens is 4. The standard InChI is InChI=1S/C29H38N6O2S.C29H40N6OS/c1-22-7-8-23-6-4-9-30-27(23)28(22)34-13-5-12-32(14-15-34)25(20-26(36)33-10-2-3-11-33)24-21-38-29(31-24)35-16-18-37-19-17-35;1-23-7-8-24-6-4-10-30-27(24)28(23)34-14-5-13-33(16-17-34)26(9-15-32-11-2-3-12-32)25-22-37-29(31-25)35-18-20-36-21-19-35/h4,6-9,21,25H,2-3,5,10-20H2,1H3;4,6-8,10,22,26H,2-3,5,9,11-21H2,1H3. The molecule has 6 saturated heterocycles. The summed E-state index contributed by atoms with van der Waals surface area (Å²) in [4.78, 5) is 53.0. The van der Waals surface area contributed by atoms with Gasteiger partial charge in [-0.2, -0.15) is 0 Å². The molecule has 2 unspecified atom stereocenters. The molecule has 10 heterocycles. The van der Waals surface area contributed by atoms with Gasteiger partial charge in [0, 0.05) is 139 Å². The molecule has 0 aliphatic carbocycles. The molecule has 0 N–H and O–H groups in total. The Bertz CT molecular complexity index is 2800. The van der Waals surface area contributed by atoms with E-state index in [2.05, 4.69) is 100 Å². The van der Waals surface area contributed by atoms with Crippen molar-refractivity contribution in [3.05, 3.63) is 94.2 Å². The second-order valence-corrected chi connectivity index (χ2v) is 23.0. The largest absolute Gasteiger partial charge is 0.378 e. The molecule has 6 aliphatic rings. The molecule has 75 heavy (non-hydrogen) atoms. The average Bonchev–Trinajstić information content (AvgIpc) is 4.31. The first kappa shape index (κ1) is 52.1. The van der Waals surface area contributed by atoms with Crippen LogP contribution in [0.3, 0.4) is 0 Å². The van der Waals surface area contributed by atoms with E-state index in [0.29, 0.717) is 12.5 Å². The van der Waals surface area contributed by atoms with Gasteiger partial charge in [-0.3, -0.25) is 24.6 Å². The van der Waals surface area contributed by atoms with Crippen molar-refractivity contribution in [3.8, 4) is 0 Å². The number of benzene rings is 2. The average molecular weight is 1060 g/mol. The number of anilines is 4. The highest BCUT2D eigenvalue weighted by atomic mass is 32.1. The number of carbonyl (C=O) groups excluding carboxylic acids is 1. The van der Waals surface area contributed by atoms with Gasteiger partial charge in [0.2, 0.25) is 5.91 Å². The Hall–Kier alpha value is -5.01. The summed E-state index contributed by atoms with van der Waals surface area (Å²) in [6, 6.07) is 17.6. The van der Waals surface area contributed by atoms with E-state index in [1.165, 1.54) is 76.6 Å². The number of pyridine rings is 2. The lowest BCUT2D eigenvalue weighted by molar-refractivity contribution is -0.131. The summed E-state index contributed by atoms with van der Waals surface area (Å²) >= 11 is 3.52. The molecular formula is C58H78N12O3S2. The number of amides is 1. The van der Waals surface area contributed by atoms with Crippen molar-refractivity contribution in [2.45, 2.75) is 77.3 Å². The number of likely N-dealkylation sites (tertiary alicyclic amines) is 2. The van der Waals surface area contributed by atoms with Gasteiger partial charge in [-0.25, -0.2) is 9.97 Å².